The molecule has 1 aromatic carbocycles. The fourth-order valence-corrected chi connectivity index (χ4v) is 1.60. The van der Waals surface area contributed by atoms with Crippen molar-refractivity contribution < 1.29 is 14.6 Å². The highest BCUT2D eigenvalue weighted by Crippen LogP contribution is 2.21. The maximum atomic E-state index is 10.7. The average molecular weight is 237 g/mol. The van der Waals surface area contributed by atoms with Crippen LogP contribution in [0.1, 0.15) is 20.8 Å². The molecule has 0 heterocycles. The van der Waals surface area contributed by atoms with E-state index in [0.717, 1.165) is 18.8 Å². The van der Waals surface area contributed by atoms with Crippen LogP contribution < -0.4 is 9.64 Å². The molecule has 0 aliphatic carbocycles. The number of carboxylic acid groups (broad SMARTS) is 1. The van der Waals surface area contributed by atoms with Crippen LogP contribution in [-0.4, -0.2) is 30.3 Å². The molecule has 4 heteroatoms. The van der Waals surface area contributed by atoms with E-state index >= 15 is 0 Å². The lowest BCUT2D eigenvalue weighted by Gasteiger charge is -2.21. The van der Waals surface area contributed by atoms with Crippen molar-refractivity contribution in [2.75, 3.05) is 18.0 Å². The van der Waals surface area contributed by atoms with Crippen molar-refractivity contribution in [2.24, 2.45) is 0 Å². The lowest BCUT2D eigenvalue weighted by atomic mass is 10.2. The third-order valence-electron chi connectivity index (χ3n) is 2.61. The molecule has 1 atom stereocenters. The highest BCUT2D eigenvalue weighted by molar-refractivity contribution is 5.72. The van der Waals surface area contributed by atoms with Gasteiger partial charge < -0.3 is 14.7 Å². The first kappa shape index (κ1) is 13.4. The predicted octanol–water partition coefficient (Wildman–Crippen LogP) is 2.38. The third-order valence-corrected chi connectivity index (χ3v) is 2.61. The Kier molecular flexibility index (Phi) is 4.82. The quantitative estimate of drug-likeness (QED) is 0.825. The van der Waals surface area contributed by atoms with Gasteiger partial charge in [-0.25, -0.2) is 4.79 Å². The first-order valence-electron chi connectivity index (χ1n) is 5.83. The van der Waals surface area contributed by atoms with Crippen molar-refractivity contribution in [3.8, 4) is 5.75 Å². The van der Waals surface area contributed by atoms with Gasteiger partial charge in [-0.1, -0.05) is 6.07 Å². The standard InChI is InChI=1S/C13H19NO3/c1-4-14(5-2)11-7-6-8-12(9-11)17-10(3)13(15)16/h6-10H,4-5H2,1-3H3,(H,15,16). The number of ether oxygens (including phenoxy) is 1. The number of carboxylic acids is 1. The van der Waals surface area contributed by atoms with Gasteiger partial charge in [0.15, 0.2) is 6.10 Å². The minimum absolute atomic E-state index is 0.587. The zero-order valence-corrected chi connectivity index (χ0v) is 10.5. The summed E-state index contributed by atoms with van der Waals surface area (Å²) in [5.41, 5.74) is 1.05. The van der Waals surface area contributed by atoms with Gasteiger partial charge in [-0.15, -0.1) is 0 Å². The number of aliphatic carboxylic acids is 1. The lowest BCUT2D eigenvalue weighted by Crippen LogP contribution is -2.24. The van der Waals surface area contributed by atoms with Crippen LogP contribution in [0, 0.1) is 0 Å². The molecule has 1 N–H and O–H groups in total. The van der Waals surface area contributed by atoms with E-state index in [1.54, 1.807) is 6.07 Å². The van der Waals surface area contributed by atoms with Gasteiger partial charge >= 0.3 is 5.97 Å². The molecule has 17 heavy (non-hydrogen) atoms. The van der Waals surface area contributed by atoms with E-state index in [9.17, 15) is 4.79 Å². The fraction of sp³-hybridized carbons (Fsp3) is 0.462. The van der Waals surface area contributed by atoms with E-state index in [2.05, 4.69) is 18.7 Å². The summed E-state index contributed by atoms with van der Waals surface area (Å²) in [6, 6.07) is 7.50. The Bertz CT molecular complexity index is 375. The smallest absolute Gasteiger partial charge is 0.344 e. The van der Waals surface area contributed by atoms with Crippen LogP contribution in [0.25, 0.3) is 0 Å². The van der Waals surface area contributed by atoms with E-state index in [1.807, 2.05) is 18.2 Å². The van der Waals surface area contributed by atoms with E-state index in [0.29, 0.717) is 5.75 Å². The van der Waals surface area contributed by atoms with Gasteiger partial charge in [0.1, 0.15) is 5.75 Å². The van der Waals surface area contributed by atoms with Gasteiger partial charge in [-0.05, 0) is 32.9 Å². The number of hydrogen-bond acceptors (Lipinski definition) is 3. The molecule has 0 spiro atoms. The molecule has 0 saturated carbocycles. The highest BCUT2D eigenvalue weighted by Gasteiger charge is 2.12. The maximum absolute atomic E-state index is 10.7. The van der Waals surface area contributed by atoms with Gasteiger partial charge in [0.05, 0.1) is 0 Å². The second-order valence-electron chi connectivity index (χ2n) is 3.77. The third kappa shape index (κ3) is 3.66. The fourth-order valence-electron chi connectivity index (χ4n) is 1.60. The molecule has 4 nitrogen and oxygen atoms in total. The molecular weight excluding hydrogens is 218 g/mol. The molecule has 0 saturated heterocycles. The summed E-state index contributed by atoms with van der Waals surface area (Å²) in [6.07, 6.45) is -0.832. The molecule has 0 bridgehead atoms. The second kappa shape index (κ2) is 6.13. The van der Waals surface area contributed by atoms with Crippen molar-refractivity contribution in [1.82, 2.24) is 0 Å². The Balaban J connectivity index is 2.82. The van der Waals surface area contributed by atoms with E-state index < -0.39 is 12.1 Å². The molecule has 1 unspecified atom stereocenters. The van der Waals surface area contributed by atoms with Gasteiger partial charge in [-0.3, -0.25) is 0 Å². The van der Waals surface area contributed by atoms with Gasteiger partial charge in [0.2, 0.25) is 0 Å². The summed E-state index contributed by atoms with van der Waals surface area (Å²) in [6.45, 7) is 7.50. The minimum Gasteiger partial charge on any atom is -0.479 e. The van der Waals surface area contributed by atoms with Gasteiger partial charge in [0, 0.05) is 24.8 Å². The Morgan fingerprint density at radius 3 is 2.59 bits per heavy atom. The van der Waals surface area contributed by atoms with Crippen LogP contribution in [0.4, 0.5) is 5.69 Å². The summed E-state index contributed by atoms with van der Waals surface area (Å²) in [5, 5.41) is 8.78. The van der Waals surface area contributed by atoms with E-state index in [1.165, 1.54) is 6.92 Å². The summed E-state index contributed by atoms with van der Waals surface area (Å²) in [5.74, 6) is -0.373. The number of benzene rings is 1. The topological polar surface area (TPSA) is 49.8 Å². The second-order valence-corrected chi connectivity index (χ2v) is 3.77. The largest absolute Gasteiger partial charge is 0.479 e. The number of rotatable bonds is 6. The number of carbonyl (C=O) groups is 1. The van der Waals surface area contributed by atoms with Crippen molar-refractivity contribution in [1.29, 1.82) is 0 Å². The summed E-state index contributed by atoms with van der Waals surface area (Å²) in [7, 11) is 0. The van der Waals surface area contributed by atoms with E-state index in [-0.39, 0.29) is 0 Å². The first-order chi connectivity index (χ1) is 8.08. The van der Waals surface area contributed by atoms with E-state index in [4.69, 9.17) is 9.84 Å². The number of nitrogens with zero attached hydrogens (tertiary/aromatic N) is 1. The molecule has 0 fully saturated rings. The van der Waals surface area contributed by atoms with Crippen LogP contribution in [0.5, 0.6) is 5.75 Å². The Labute approximate surface area is 102 Å². The van der Waals surface area contributed by atoms with Crippen LogP contribution in [-0.2, 0) is 4.79 Å². The molecule has 0 radical (unpaired) electrons. The molecule has 1 aromatic rings. The number of anilines is 1. The first-order valence-corrected chi connectivity index (χ1v) is 5.83. The van der Waals surface area contributed by atoms with Crippen LogP contribution >= 0.6 is 0 Å². The zero-order valence-electron chi connectivity index (χ0n) is 10.5. The highest BCUT2D eigenvalue weighted by atomic mass is 16.5. The van der Waals surface area contributed by atoms with Gasteiger partial charge in [-0.2, -0.15) is 0 Å². The maximum Gasteiger partial charge on any atom is 0.344 e. The minimum atomic E-state index is -0.960. The van der Waals surface area contributed by atoms with Crippen molar-refractivity contribution in [3.63, 3.8) is 0 Å². The molecule has 0 aliphatic heterocycles. The van der Waals surface area contributed by atoms with Crippen LogP contribution in [0.15, 0.2) is 24.3 Å². The van der Waals surface area contributed by atoms with Crippen LogP contribution in [0.2, 0.25) is 0 Å². The molecule has 0 aliphatic rings. The number of hydrogen-bond donors (Lipinski definition) is 1. The van der Waals surface area contributed by atoms with Crippen molar-refractivity contribution in [2.45, 2.75) is 26.9 Å². The Morgan fingerprint density at radius 1 is 1.41 bits per heavy atom. The zero-order chi connectivity index (χ0) is 12.8. The molecule has 1 rings (SSSR count). The molecule has 0 amide bonds. The molecular formula is C13H19NO3. The SMILES string of the molecule is CCN(CC)c1cccc(OC(C)C(=O)O)c1. The Morgan fingerprint density at radius 2 is 2.06 bits per heavy atom. The molecule has 0 aromatic heterocycles. The molecule has 94 valence electrons. The monoisotopic (exact) mass is 237 g/mol. The van der Waals surface area contributed by atoms with Gasteiger partial charge in [0.25, 0.3) is 0 Å². The normalized spacial score (nSPS) is 11.9. The summed E-state index contributed by atoms with van der Waals surface area (Å²) in [4.78, 5) is 12.9. The lowest BCUT2D eigenvalue weighted by molar-refractivity contribution is -0.144. The van der Waals surface area contributed by atoms with Crippen molar-refractivity contribution >= 4 is 11.7 Å². The van der Waals surface area contributed by atoms with Crippen LogP contribution in [0.3, 0.4) is 0 Å². The predicted molar refractivity (Wildman–Crippen MR) is 67.7 cm³/mol. The van der Waals surface area contributed by atoms with Crippen molar-refractivity contribution in [3.05, 3.63) is 24.3 Å². The Hall–Kier alpha value is -1.71. The summed E-state index contributed by atoms with van der Waals surface area (Å²) < 4.78 is 5.33. The summed E-state index contributed by atoms with van der Waals surface area (Å²) >= 11 is 0. The average Bonchev–Trinajstić information content (AvgIpc) is 2.31.